The van der Waals surface area contributed by atoms with Gasteiger partial charge in [0.2, 0.25) is 0 Å². The van der Waals surface area contributed by atoms with Crippen molar-refractivity contribution in [3.8, 4) is 0 Å². The highest BCUT2D eigenvalue weighted by Gasteiger charge is 2.22. The van der Waals surface area contributed by atoms with Crippen LogP contribution in [0.15, 0.2) is 12.1 Å². The summed E-state index contributed by atoms with van der Waals surface area (Å²) in [4.78, 5) is 12.2. The first-order valence-corrected chi connectivity index (χ1v) is 8.49. The largest absolute Gasteiger partial charge is 0.372 e. The Morgan fingerprint density at radius 1 is 1.25 bits per heavy atom. The van der Waals surface area contributed by atoms with Crippen molar-refractivity contribution < 1.29 is 9.53 Å². The first-order chi connectivity index (χ1) is 11.7. The van der Waals surface area contributed by atoms with Gasteiger partial charge in [0.05, 0.1) is 5.69 Å². The number of urea groups is 1. The van der Waals surface area contributed by atoms with E-state index in [-0.39, 0.29) is 12.1 Å². The minimum atomic E-state index is -0.313. The maximum absolute atomic E-state index is 12.2. The summed E-state index contributed by atoms with van der Waals surface area (Å²) in [5.41, 5.74) is 2.04. The van der Waals surface area contributed by atoms with Crippen LogP contribution in [-0.4, -0.2) is 32.2 Å². The maximum Gasteiger partial charge on any atom is 0.326 e. The molecular weight excluding hydrogens is 308 g/mol. The van der Waals surface area contributed by atoms with E-state index in [2.05, 4.69) is 20.8 Å². The molecule has 2 amide bonds. The summed E-state index contributed by atoms with van der Waals surface area (Å²) in [6.07, 6.45) is 5.40. The highest BCUT2D eigenvalue weighted by molar-refractivity contribution is 5.98. The molecule has 0 radical (unpaired) electrons. The minimum absolute atomic E-state index is 0.0367. The van der Waals surface area contributed by atoms with Gasteiger partial charge in [0.1, 0.15) is 11.9 Å². The topological polar surface area (TPSA) is 86.0 Å². The number of nitrogens with one attached hydrogen (secondary N) is 2. The molecule has 1 unspecified atom stereocenters. The molecule has 8 heteroatoms. The van der Waals surface area contributed by atoms with E-state index in [1.807, 2.05) is 23.9 Å². The van der Waals surface area contributed by atoms with Gasteiger partial charge in [-0.2, -0.15) is 10.2 Å². The van der Waals surface area contributed by atoms with Gasteiger partial charge in [-0.15, -0.1) is 0 Å². The molecule has 4 heterocycles. The molecule has 128 valence electrons. The van der Waals surface area contributed by atoms with Crippen molar-refractivity contribution in [2.75, 3.05) is 17.2 Å². The number of carbonyl (C=O) groups excluding carboxylic acids is 1. The number of carbonyl (C=O) groups is 1. The lowest BCUT2D eigenvalue weighted by atomic mass is 10.1. The summed E-state index contributed by atoms with van der Waals surface area (Å²) >= 11 is 0. The lowest BCUT2D eigenvalue weighted by Gasteiger charge is -2.11. The Balaban J connectivity index is 1.41. The van der Waals surface area contributed by atoms with E-state index in [1.54, 1.807) is 4.68 Å². The molecule has 24 heavy (non-hydrogen) atoms. The van der Waals surface area contributed by atoms with Crippen molar-refractivity contribution in [3.63, 3.8) is 0 Å². The maximum atomic E-state index is 12.2. The number of fused-ring (bicyclic) bond motifs is 1. The van der Waals surface area contributed by atoms with Crippen LogP contribution in [0.25, 0.3) is 0 Å². The molecule has 0 aromatic carbocycles. The third-order valence-electron chi connectivity index (χ3n) is 4.56. The van der Waals surface area contributed by atoms with E-state index in [0.717, 1.165) is 44.5 Å². The molecular formula is C16H22N6O2. The highest BCUT2D eigenvalue weighted by atomic mass is 16.5. The number of nitrogens with zero attached hydrogens (tertiary/aromatic N) is 4. The van der Waals surface area contributed by atoms with Crippen molar-refractivity contribution in [3.05, 3.63) is 23.5 Å². The first-order valence-electron chi connectivity index (χ1n) is 8.49. The lowest BCUT2D eigenvalue weighted by molar-refractivity contribution is 0.108. The highest BCUT2D eigenvalue weighted by Crippen LogP contribution is 2.29. The Hall–Kier alpha value is -2.35. The van der Waals surface area contributed by atoms with Gasteiger partial charge < -0.3 is 4.74 Å². The fraction of sp³-hybridized carbons (Fsp3) is 0.562. The van der Waals surface area contributed by atoms with Gasteiger partial charge >= 0.3 is 6.03 Å². The van der Waals surface area contributed by atoms with Gasteiger partial charge in [-0.05, 0) is 32.1 Å². The minimum Gasteiger partial charge on any atom is -0.372 e. The van der Waals surface area contributed by atoms with Crippen molar-refractivity contribution in [1.29, 1.82) is 0 Å². The zero-order chi connectivity index (χ0) is 16.5. The van der Waals surface area contributed by atoms with E-state index in [4.69, 9.17) is 4.74 Å². The number of hydrogen-bond acceptors (Lipinski definition) is 4. The molecule has 2 aliphatic rings. The lowest BCUT2D eigenvalue weighted by Crippen LogP contribution is -2.21. The van der Waals surface area contributed by atoms with Crippen LogP contribution in [0.4, 0.5) is 16.4 Å². The Labute approximate surface area is 140 Å². The smallest absolute Gasteiger partial charge is 0.326 e. The molecule has 0 spiro atoms. The molecule has 0 saturated carbocycles. The molecule has 2 N–H and O–H groups in total. The Morgan fingerprint density at radius 3 is 2.96 bits per heavy atom. The van der Waals surface area contributed by atoms with E-state index in [0.29, 0.717) is 11.6 Å². The van der Waals surface area contributed by atoms with Crippen LogP contribution in [0.1, 0.15) is 43.2 Å². The molecule has 0 aliphatic carbocycles. The summed E-state index contributed by atoms with van der Waals surface area (Å²) in [5, 5.41) is 14.5. The van der Waals surface area contributed by atoms with Gasteiger partial charge in [-0.25, -0.2) is 4.79 Å². The van der Waals surface area contributed by atoms with E-state index in [9.17, 15) is 4.79 Å². The Bertz CT molecular complexity index is 720. The summed E-state index contributed by atoms with van der Waals surface area (Å²) < 4.78 is 9.27. The Kier molecular flexibility index (Phi) is 3.97. The number of ether oxygens (including phenoxy) is 1. The van der Waals surface area contributed by atoms with Crippen LogP contribution >= 0.6 is 0 Å². The molecule has 0 bridgehead atoms. The molecule has 2 aliphatic heterocycles. The van der Waals surface area contributed by atoms with Crippen LogP contribution in [0.2, 0.25) is 0 Å². The van der Waals surface area contributed by atoms with Crippen LogP contribution in [-0.2, 0) is 24.8 Å². The van der Waals surface area contributed by atoms with Gasteiger partial charge in [0, 0.05) is 38.0 Å². The molecule has 4 rings (SSSR count). The number of amides is 2. The zero-order valence-corrected chi connectivity index (χ0v) is 13.8. The second kappa shape index (κ2) is 6.27. The summed E-state index contributed by atoms with van der Waals surface area (Å²) in [6.45, 7) is 1.70. The molecule has 2 aromatic heterocycles. The molecule has 1 fully saturated rings. The zero-order valence-electron chi connectivity index (χ0n) is 13.8. The molecule has 2 aromatic rings. The quantitative estimate of drug-likeness (QED) is 0.905. The normalized spacial score (nSPS) is 20.0. The fourth-order valence-corrected chi connectivity index (χ4v) is 3.32. The number of hydrogen-bond donors (Lipinski definition) is 2. The molecule has 8 nitrogen and oxygen atoms in total. The predicted octanol–water partition coefficient (Wildman–Crippen LogP) is 2.45. The second-order valence-electron chi connectivity index (χ2n) is 6.36. The van der Waals surface area contributed by atoms with Gasteiger partial charge in [0.25, 0.3) is 0 Å². The third kappa shape index (κ3) is 3.01. The first kappa shape index (κ1) is 15.2. The molecule has 1 atom stereocenters. The number of aryl methyl sites for hydroxylation is 3. The Morgan fingerprint density at radius 2 is 2.17 bits per heavy atom. The van der Waals surface area contributed by atoms with E-state index >= 15 is 0 Å². The standard InChI is InChI=1S/C16H22N6O2/c1-21-15(10-12(19-21)13-6-4-8-24-13)18-16(23)17-14-9-11-5-2-3-7-22(11)20-14/h9-10,13H,2-8H2,1H3,(H2,17,18,20,23). The second-order valence-corrected chi connectivity index (χ2v) is 6.36. The SMILES string of the molecule is Cn1nc(C2CCCO2)cc1NC(=O)Nc1cc2n(n1)CCCC2. The monoisotopic (exact) mass is 330 g/mol. The average Bonchev–Trinajstić information content (AvgIpc) is 3.27. The van der Waals surface area contributed by atoms with E-state index < -0.39 is 0 Å². The fourth-order valence-electron chi connectivity index (χ4n) is 3.32. The van der Waals surface area contributed by atoms with Crippen molar-refractivity contribution in [2.24, 2.45) is 7.05 Å². The van der Waals surface area contributed by atoms with Crippen LogP contribution < -0.4 is 10.6 Å². The predicted molar refractivity (Wildman–Crippen MR) is 88.9 cm³/mol. The van der Waals surface area contributed by atoms with E-state index in [1.165, 1.54) is 12.1 Å². The number of rotatable bonds is 3. The molecule has 1 saturated heterocycles. The van der Waals surface area contributed by atoms with Crippen molar-refractivity contribution >= 4 is 17.7 Å². The van der Waals surface area contributed by atoms with Gasteiger partial charge in [0.15, 0.2) is 5.82 Å². The van der Waals surface area contributed by atoms with Gasteiger partial charge in [-0.1, -0.05) is 0 Å². The van der Waals surface area contributed by atoms with Gasteiger partial charge in [-0.3, -0.25) is 20.0 Å². The van der Waals surface area contributed by atoms with Crippen LogP contribution in [0.5, 0.6) is 0 Å². The summed E-state index contributed by atoms with van der Waals surface area (Å²) in [6, 6.07) is 3.50. The van der Waals surface area contributed by atoms with Crippen LogP contribution in [0, 0.1) is 0 Å². The van der Waals surface area contributed by atoms with Crippen LogP contribution in [0.3, 0.4) is 0 Å². The number of aromatic nitrogens is 4. The number of anilines is 2. The van der Waals surface area contributed by atoms with Crippen molar-refractivity contribution in [2.45, 2.75) is 44.8 Å². The third-order valence-corrected chi connectivity index (χ3v) is 4.56. The summed E-state index contributed by atoms with van der Waals surface area (Å²) in [7, 11) is 1.81. The van der Waals surface area contributed by atoms with Crippen molar-refractivity contribution in [1.82, 2.24) is 19.6 Å². The summed E-state index contributed by atoms with van der Waals surface area (Å²) in [5.74, 6) is 1.23. The average molecular weight is 330 g/mol.